The van der Waals surface area contributed by atoms with Crippen molar-refractivity contribution >= 4 is 35.2 Å². The number of ether oxygens (including phenoxy) is 2. The molecule has 2 amide bonds. The molecule has 0 heterocycles. The third kappa shape index (κ3) is 12.9. The van der Waals surface area contributed by atoms with Gasteiger partial charge in [0.05, 0.1) is 18.2 Å². The van der Waals surface area contributed by atoms with Crippen LogP contribution in [-0.2, 0) is 16.2 Å². The van der Waals surface area contributed by atoms with Crippen LogP contribution in [0, 0.1) is 5.92 Å². The van der Waals surface area contributed by atoms with E-state index in [0.29, 0.717) is 41.9 Å². The van der Waals surface area contributed by atoms with Gasteiger partial charge in [-0.1, -0.05) is 69.9 Å². The Balaban J connectivity index is 1.80. The van der Waals surface area contributed by atoms with Gasteiger partial charge in [0.1, 0.15) is 24.7 Å². The van der Waals surface area contributed by atoms with Crippen LogP contribution in [0.15, 0.2) is 77.7 Å². The number of amides is 2. The number of rotatable bonds is 19. The quantitative estimate of drug-likeness (QED) is 0.115. The van der Waals surface area contributed by atoms with Gasteiger partial charge in [0.2, 0.25) is 5.91 Å². The number of hydrogen-bond donors (Lipinski definition) is 3. The second-order valence-corrected chi connectivity index (χ2v) is 12.7. The average Bonchev–Trinajstić information content (AvgIpc) is 3.02. The first-order chi connectivity index (χ1) is 21.7. The number of thioether (sulfide) groups is 1. The molecule has 0 aliphatic heterocycles. The number of carboxylic acid groups (broad SMARTS) is 1. The number of benzene rings is 3. The summed E-state index contributed by atoms with van der Waals surface area (Å²) >= 11 is 1.48. The second-order valence-electron chi connectivity index (χ2n) is 11.3. The Kier molecular flexibility index (Phi) is 14.8. The molecule has 0 saturated carbocycles. The Bertz CT molecular complexity index is 1370. The highest BCUT2D eigenvalue weighted by Gasteiger charge is 2.22. The lowest BCUT2D eigenvalue weighted by Gasteiger charge is -2.23. The first-order valence-electron chi connectivity index (χ1n) is 15.7. The molecular weight excluding hydrogens is 588 g/mol. The van der Waals surface area contributed by atoms with Crippen molar-refractivity contribution < 1.29 is 29.0 Å². The fourth-order valence-electron chi connectivity index (χ4n) is 4.94. The van der Waals surface area contributed by atoms with Crippen molar-refractivity contribution in [2.45, 2.75) is 89.0 Å². The van der Waals surface area contributed by atoms with E-state index in [1.807, 2.05) is 55.5 Å². The Hall–Kier alpha value is -3.98. The van der Waals surface area contributed by atoms with E-state index in [-0.39, 0.29) is 29.5 Å². The average molecular weight is 635 g/mol. The molecule has 0 aliphatic rings. The molecule has 242 valence electrons. The standard InChI is InChI=1S/C36H46N2O6S/c1-5-7-11-27(6-2)20-32(22-35(40)41)45-34-21-31(44-24-28-12-9-8-10-13-28)18-19-33(34)38-36(42)29-14-16-30(17-15-29)43-23-25(3)37-26(4)39/h8-10,12-19,21,25,27,32H,5-7,11,20,22-24H2,1-4H3,(H,37,39)(H,38,42)(H,40,41)/t25-,27?,32?/m0/s1. The van der Waals surface area contributed by atoms with E-state index in [2.05, 4.69) is 24.5 Å². The molecule has 3 aromatic rings. The van der Waals surface area contributed by atoms with Crippen molar-refractivity contribution in [3.8, 4) is 11.5 Å². The Morgan fingerprint density at radius 1 is 0.933 bits per heavy atom. The topological polar surface area (TPSA) is 114 Å². The van der Waals surface area contributed by atoms with Crippen LogP contribution in [0.1, 0.15) is 82.1 Å². The molecular formula is C36H46N2O6S. The molecule has 0 aromatic heterocycles. The van der Waals surface area contributed by atoms with Crippen LogP contribution in [0.25, 0.3) is 0 Å². The lowest BCUT2D eigenvalue weighted by molar-refractivity contribution is -0.137. The molecule has 0 bridgehead atoms. The Labute approximate surface area is 271 Å². The summed E-state index contributed by atoms with van der Waals surface area (Å²) in [6.07, 6.45) is 5.08. The summed E-state index contributed by atoms with van der Waals surface area (Å²) in [5.41, 5.74) is 2.08. The molecule has 3 N–H and O–H groups in total. The fraction of sp³-hybridized carbons (Fsp3) is 0.417. The van der Waals surface area contributed by atoms with Crippen molar-refractivity contribution in [3.05, 3.63) is 83.9 Å². The molecule has 45 heavy (non-hydrogen) atoms. The molecule has 0 saturated heterocycles. The maximum atomic E-state index is 13.3. The largest absolute Gasteiger partial charge is 0.491 e. The van der Waals surface area contributed by atoms with Crippen molar-refractivity contribution in [1.82, 2.24) is 5.32 Å². The van der Waals surface area contributed by atoms with E-state index in [0.717, 1.165) is 42.6 Å². The van der Waals surface area contributed by atoms with Gasteiger partial charge in [0, 0.05) is 22.6 Å². The third-order valence-corrected chi connectivity index (χ3v) is 8.64. The molecule has 2 unspecified atom stereocenters. The van der Waals surface area contributed by atoms with E-state index in [1.54, 1.807) is 24.3 Å². The highest BCUT2D eigenvalue weighted by molar-refractivity contribution is 8.00. The van der Waals surface area contributed by atoms with Gasteiger partial charge < -0.3 is 25.2 Å². The summed E-state index contributed by atoms with van der Waals surface area (Å²) in [7, 11) is 0. The van der Waals surface area contributed by atoms with Crippen molar-refractivity contribution in [3.63, 3.8) is 0 Å². The molecule has 3 atom stereocenters. The van der Waals surface area contributed by atoms with Crippen LogP contribution < -0.4 is 20.1 Å². The summed E-state index contributed by atoms with van der Waals surface area (Å²) in [6, 6.07) is 22.0. The predicted octanol–water partition coefficient (Wildman–Crippen LogP) is 7.96. The maximum Gasteiger partial charge on any atom is 0.304 e. The van der Waals surface area contributed by atoms with Crippen LogP contribution >= 0.6 is 11.8 Å². The van der Waals surface area contributed by atoms with Gasteiger partial charge in [-0.05, 0) is 67.3 Å². The zero-order valence-corrected chi connectivity index (χ0v) is 27.5. The molecule has 0 spiro atoms. The monoisotopic (exact) mass is 634 g/mol. The van der Waals surface area contributed by atoms with Crippen LogP contribution in [0.4, 0.5) is 5.69 Å². The van der Waals surface area contributed by atoms with Gasteiger partial charge in [-0.15, -0.1) is 11.8 Å². The summed E-state index contributed by atoms with van der Waals surface area (Å²) in [5.74, 6) is 0.402. The second kappa shape index (κ2) is 18.7. The van der Waals surface area contributed by atoms with Gasteiger partial charge in [-0.2, -0.15) is 0 Å². The third-order valence-electron chi connectivity index (χ3n) is 7.35. The van der Waals surface area contributed by atoms with E-state index >= 15 is 0 Å². The normalized spacial score (nSPS) is 12.9. The van der Waals surface area contributed by atoms with Gasteiger partial charge >= 0.3 is 5.97 Å². The lowest BCUT2D eigenvalue weighted by Crippen LogP contribution is -2.35. The number of hydrogen-bond acceptors (Lipinski definition) is 6. The number of nitrogens with one attached hydrogen (secondary N) is 2. The predicted molar refractivity (Wildman–Crippen MR) is 180 cm³/mol. The SMILES string of the molecule is CCCCC(CC)CC(CC(=O)O)Sc1cc(OCc2ccccc2)ccc1NC(=O)c1ccc(OC[C@H](C)NC(C)=O)cc1. The zero-order chi connectivity index (χ0) is 32.6. The summed E-state index contributed by atoms with van der Waals surface area (Å²) in [6.45, 7) is 8.33. The van der Waals surface area contributed by atoms with Gasteiger partial charge in [0.25, 0.3) is 5.91 Å². The number of anilines is 1. The highest BCUT2D eigenvalue weighted by Crippen LogP contribution is 2.39. The van der Waals surface area contributed by atoms with Crippen molar-refractivity contribution in [2.75, 3.05) is 11.9 Å². The van der Waals surface area contributed by atoms with Crippen molar-refractivity contribution in [1.29, 1.82) is 0 Å². The lowest BCUT2D eigenvalue weighted by atomic mass is 9.93. The molecule has 0 radical (unpaired) electrons. The number of aliphatic carboxylic acids is 1. The van der Waals surface area contributed by atoms with E-state index in [1.165, 1.54) is 18.7 Å². The number of carbonyl (C=O) groups is 3. The van der Waals surface area contributed by atoms with Crippen LogP contribution in [0.3, 0.4) is 0 Å². The number of unbranched alkanes of at least 4 members (excludes halogenated alkanes) is 1. The van der Waals surface area contributed by atoms with E-state index < -0.39 is 5.97 Å². The molecule has 3 rings (SSSR count). The Morgan fingerprint density at radius 2 is 1.64 bits per heavy atom. The van der Waals surface area contributed by atoms with E-state index in [9.17, 15) is 19.5 Å². The zero-order valence-electron chi connectivity index (χ0n) is 26.7. The minimum absolute atomic E-state index is 0.0256. The molecule has 9 heteroatoms. The maximum absolute atomic E-state index is 13.3. The smallest absolute Gasteiger partial charge is 0.304 e. The minimum atomic E-state index is -0.839. The van der Waals surface area contributed by atoms with Crippen LogP contribution in [-0.4, -0.2) is 40.8 Å². The first kappa shape index (κ1) is 35.5. The van der Waals surface area contributed by atoms with Crippen LogP contribution in [0.5, 0.6) is 11.5 Å². The fourth-order valence-corrected chi connectivity index (χ4v) is 6.33. The minimum Gasteiger partial charge on any atom is -0.491 e. The molecule has 0 aliphatic carbocycles. The van der Waals surface area contributed by atoms with E-state index in [4.69, 9.17) is 9.47 Å². The van der Waals surface area contributed by atoms with Gasteiger partial charge in [-0.3, -0.25) is 14.4 Å². The van der Waals surface area contributed by atoms with Gasteiger partial charge in [0.15, 0.2) is 0 Å². The highest BCUT2D eigenvalue weighted by atomic mass is 32.2. The van der Waals surface area contributed by atoms with Crippen molar-refractivity contribution in [2.24, 2.45) is 5.92 Å². The summed E-state index contributed by atoms with van der Waals surface area (Å²) in [4.78, 5) is 37.2. The van der Waals surface area contributed by atoms with Crippen LogP contribution in [0.2, 0.25) is 0 Å². The summed E-state index contributed by atoms with van der Waals surface area (Å²) < 4.78 is 11.8. The molecule has 8 nitrogen and oxygen atoms in total. The first-order valence-corrected chi connectivity index (χ1v) is 16.5. The molecule has 3 aromatic carbocycles. The van der Waals surface area contributed by atoms with Gasteiger partial charge in [-0.25, -0.2) is 0 Å². The number of carbonyl (C=O) groups excluding carboxylic acids is 2. The molecule has 0 fully saturated rings. The Morgan fingerprint density at radius 3 is 2.29 bits per heavy atom. The summed E-state index contributed by atoms with van der Waals surface area (Å²) in [5, 5.41) is 15.4. The number of carboxylic acids is 1.